The predicted octanol–water partition coefficient (Wildman–Crippen LogP) is 1.54. The van der Waals surface area contributed by atoms with Gasteiger partial charge in [-0.15, -0.1) is 0 Å². The fraction of sp³-hybridized carbons (Fsp3) is 0.538. The average molecular weight is 286 g/mol. The van der Waals surface area contributed by atoms with Gasteiger partial charge in [0.2, 0.25) is 10.0 Å². The van der Waals surface area contributed by atoms with Crippen LogP contribution in [-0.2, 0) is 10.0 Å². The van der Waals surface area contributed by atoms with Crippen molar-refractivity contribution in [2.75, 3.05) is 6.54 Å². The summed E-state index contributed by atoms with van der Waals surface area (Å²) in [5.41, 5.74) is 6.44. The molecule has 1 aliphatic carbocycles. The summed E-state index contributed by atoms with van der Waals surface area (Å²) in [5, 5.41) is 0. The fourth-order valence-corrected chi connectivity index (χ4v) is 3.83. The van der Waals surface area contributed by atoms with Gasteiger partial charge in [-0.2, -0.15) is 0 Å². The van der Waals surface area contributed by atoms with Crippen molar-refractivity contribution in [3.8, 4) is 0 Å². The number of aryl methyl sites for hydroxylation is 1. The first kappa shape index (κ1) is 14.4. The third-order valence-corrected chi connectivity index (χ3v) is 5.26. The van der Waals surface area contributed by atoms with E-state index < -0.39 is 15.8 Å². The third kappa shape index (κ3) is 3.32. The largest absolute Gasteiger partial charge is 0.327 e. The van der Waals surface area contributed by atoms with E-state index in [-0.39, 0.29) is 16.9 Å². The molecule has 0 amide bonds. The van der Waals surface area contributed by atoms with Crippen molar-refractivity contribution in [3.63, 3.8) is 0 Å². The van der Waals surface area contributed by atoms with Crippen molar-refractivity contribution in [2.24, 2.45) is 11.7 Å². The predicted molar refractivity (Wildman–Crippen MR) is 71.6 cm³/mol. The van der Waals surface area contributed by atoms with Gasteiger partial charge in [-0.25, -0.2) is 17.5 Å². The quantitative estimate of drug-likeness (QED) is 0.882. The second kappa shape index (κ2) is 5.56. The standard InChI is InChI=1S/C13H19FN2O2S/c1-9-5-6-11(14)7-13(9)19(17,18)16-8-10-3-2-4-12(10)15/h5-7,10,12,16H,2-4,8,15H2,1H3. The summed E-state index contributed by atoms with van der Waals surface area (Å²) < 4.78 is 40.0. The van der Waals surface area contributed by atoms with E-state index >= 15 is 0 Å². The van der Waals surface area contributed by atoms with Crippen molar-refractivity contribution in [3.05, 3.63) is 29.6 Å². The molecule has 0 aromatic heterocycles. The van der Waals surface area contributed by atoms with E-state index in [1.54, 1.807) is 6.92 Å². The average Bonchev–Trinajstić information content (AvgIpc) is 2.75. The molecule has 1 aromatic rings. The van der Waals surface area contributed by atoms with E-state index in [4.69, 9.17) is 5.73 Å². The van der Waals surface area contributed by atoms with Crippen LogP contribution in [0.5, 0.6) is 0 Å². The van der Waals surface area contributed by atoms with Gasteiger partial charge in [0, 0.05) is 12.6 Å². The van der Waals surface area contributed by atoms with Gasteiger partial charge in [-0.05, 0) is 43.4 Å². The van der Waals surface area contributed by atoms with Crippen LogP contribution >= 0.6 is 0 Å². The van der Waals surface area contributed by atoms with Crippen LogP contribution in [0.4, 0.5) is 4.39 Å². The van der Waals surface area contributed by atoms with Crippen LogP contribution in [0.1, 0.15) is 24.8 Å². The zero-order valence-electron chi connectivity index (χ0n) is 10.9. The molecule has 0 heterocycles. The summed E-state index contributed by atoms with van der Waals surface area (Å²) in [6.07, 6.45) is 2.91. The highest BCUT2D eigenvalue weighted by atomic mass is 32.2. The third-order valence-electron chi connectivity index (χ3n) is 3.69. The molecule has 1 fully saturated rings. The Morgan fingerprint density at radius 2 is 2.16 bits per heavy atom. The molecule has 0 aliphatic heterocycles. The van der Waals surface area contributed by atoms with Crippen LogP contribution in [-0.4, -0.2) is 21.0 Å². The number of nitrogens with one attached hydrogen (secondary N) is 1. The Hall–Kier alpha value is -0.980. The first-order valence-corrected chi connectivity index (χ1v) is 7.90. The van der Waals surface area contributed by atoms with Gasteiger partial charge in [0.05, 0.1) is 4.90 Å². The Bertz CT molecular complexity index is 560. The van der Waals surface area contributed by atoms with Crippen molar-refractivity contribution in [2.45, 2.75) is 37.1 Å². The second-order valence-electron chi connectivity index (χ2n) is 5.12. The molecule has 3 N–H and O–H groups in total. The fourth-order valence-electron chi connectivity index (χ4n) is 2.48. The normalized spacial score (nSPS) is 23.7. The Balaban J connectivity index is 2.12. The molecule has 0 radical (unpaired) electrons. The molecule has 106 valence electrons. The van der Waals surface area contributed by atoms with Gasteiger partial charge < -0.3 is 5.73 Å². The van der Waals surface area contributed by atoms with E-state index in [1.165, 1.54) is 12.1 Å². The maximum atomic E-state index is 13.2. The molecule has 1 saturated carbocycles. The van der Waals surface area contributed by atoms with Crippen molar-refractivity contribution < 1.29 is 12.8 Å². The summed E-state index contributed by atoms with van der Waals surface area (Å²) in [4.78, 5) is -0.000863. The van der Waals surface area contributed by atoms with Gasteiger partial charge >= 0.3 is 0 Å². The molecule has 1 aromatic carbocycles. The highest BCUT2D eigenvalue weighted by Gasteiger charge is 2.26. The zero-order chi connectivity index (χ0) is 14.0. The van der Waals surface area contributed by atoms with E-state index in [0.717, 1.165) is 25.3 Å². The lowest BCUT2D eigenvalue weighted by molar-refractivity contribution is 0.469. The SMILES string of the molecule is Cc1ccc(F)cc1S(=O)(=O)NCC1CCCC1N. The van der Waals surface area contributed by atoms with E-state index in [9.17, 15) is 12.8 Å². The molecular formula is C13H19FN2O2S. The van der Waals surface area contributed by atoms with Crippen LogP contribution in [0.15, 0.2) is 23.1 Å². The lowest BCUT2D eigenvalue weighted by atomic mass is 10.1. The molecule has 2 unspecified atom stereocenters. The van der Waals surface area contributed by atoms with E-state index in [0.29, 0.717) is 12.1 Å². The number of benzene rings is 1. The second-order valence-corrected chi connectivity index (χ2v) is 6.85. The Kier molecular flexibility index (Phi) is 4.23. The number of nitrogens with two attached hydrogens (primary N) is 1. The summed E-state index contributed by atoms with van der Waals surface area (Å²) in [6.45, 7) is 1.97. The van der Waals surface area contributed by atoms with E-state index in [2.05, 4.69) is 4.72 Å². The van der Waals surface area contributed by atoms with Crippen LogP contribution in [0.3, 0.4) is 0 Å². The minimum Gasteiger partial charge on any atom is -0.327 e. The number of hydrogen-bond acceptors (Lipinski definition) is 3. The Labute approximate surface area is 113 Å². The summed E-state index contributed by atoms with van der Waals surface area (Å²) in [6, 6.07) is 3.81. The Morgan fingerprint density at radius 3 is 2.79 bits per heavy atom. The first-order chi connectivity index (χ1) is 8.90. The molecule has 0 saturated heterocycles. The number of sulfonamides is 1. The minimum absolute atomic E-state index is 0.000863. The molecular weight excluding hydrogens is 267 g/mol. The Morgan fingerprint density at radius 1 is 1.42 bits per heavy atom. The zero-order valence-corrected chi connectivity index (χ0v) is 11.7. The molecule has 19 heavy (non-hydrogen) atoms. The van der Waals surface area contributed by atoms with Crippen LogP contribution < -0.4 is 10.5 Å². The number of hydrogen-bond donors (Lipinski definition) is 2. The van der Waals surface area contributed by atoms with Gasteiger partial charge in [0.25, 0.3) is 0 Å². The highest BCUT2D eigenvalue weighted by Crippen LogP contribution is 2.24. The minimum atomic E-state index is -3.67. The monoisotopic (exact) mass is 286 g/mol. The van der Waals surface area contributed by atoms with Gasteiger partial charge in [-0.3, -0.25) is 0 Å². The van der Waals surface area contributed by atoms with Crippen LogP contribution in [0.25, 0.3) is 0 Å². The molecule has 0 spiro atoms. The van der Waals surface area contributed by atoms with Crippen LogP contribution in [0.2, 0.25) is 0 Å². The van der Waals surface area contributed by atoms with E-state index in [1.807, 2.05) is 0 Å². The van der Waals surface area contributed by atoms with Gasteiger partial charge in [-0.1, -0.05) is 12.5 Å². The van der Waals surface area contributed by atoms with Gasteiger partial charge in [0.1, 0.15) is 5.82 Å². The lowest BCUT2D eigenvalue weighted by Gasteiger charge is -2.16. The van der Waals surface area contributed by atoms with Crippen molar-refractivity contribution in [1.82, 2.24) is 4.72 Å². The molecule has 6 heteroatoms. The van der Waals surface area contributed by atoms with Gasteiger partial charge in [0.15, 0.2) is 0 Å². The highest BCUT2D eigenvalue weighted by molar-refractivity contribution is 7.89. The molecule has 0 bridgehead atoms. The summed E-state index contributed by atoms with van der Waals surface area (Å²) in [5.74, 6) is -0.382. The molecule has 2 rings (SSSR count). The summed E-state index contributed by atoms with van der Waals surface area (Å²) in [7, 11) is -3.67. The molecule has 1 aliphatic rings. The molecule has 2 atom stereocenters. The topological polar surface area (TPSA) is 72.2 Å². The van der Waals surface area contributed by atoms with Crippen LogP contribution in [0, 0.1) is 18.7 Å². The molecule has 4 nitrogen and oxygen atoms in total. The smallest absolute Gasteiger partial charge is 0.240 e. The maximum Gasteiger partial charge on any atom is 0.240 e. The van der Waals surface area contributed by atoms with Crippen molar-refractivity contribution >= 4 is 10.0 Å². The lowest BCUT2D eigenvalue weighted by Crippen LogP contribution is -2.36. The number of rotatable bonds is 4. The number of halogens is 1. The van der Waals surface area contributed by atoms with Crippen molar-refractivity contribution in [1.29, 1.82) is 0 Å². The summed E-state index contributed by atoms with van der Waals surface area (Å²) >= 11 is 0. The first-order valence-electron chi connectivity index (χ1n) is 6.41. The maximum absolute atomic E-state index is 13.2.